The topological polar surface area (TPSA) is 135 Å². The molecule has 0 aromatic carbocycles. The van der Waals surface area contributed by atoms with Crippen molar-refractivity contribution in [2.75, 3.05) is 10.2 Å². The quantitative estimate of drug-likeness (QED) is 0.516. The highest BCUT2D eigenvalue weighted by molar-refractivity contribution is 6.30. The van der Waals surface area contributed by atoms with Crippen LogP contribution in [0.4, 0.5) is 21.1 Å². The molecular formula is C21H24ClN7O4. The zero-order valence-corrected chi connectivity index (χ0v) is 19.5. The van der Waals surface area contributed by atoms with Crippen molar-refractivity contribution in [2.45, 2.75) is 39.3 Å². The maximum atomic E-state index is 12.3. The van der Waals surface area contributed by atoms with Crippen molar-refractivity contribution in [1.29, 1.82) is 0 Å². The van der Waals surface area contributed by atoms with Gasteiger partial charge in [0.2, 0.25) is 0 Å². The number of nitrogens with zero attached hydrogens (tertiary/aromatic N) is 6. The molecule has 0 bridgehead atoms. The largest absolute Gasteiger partial charge is 0.465 e. The number of aromatic nitrogens is 5. The number of ether oxygens (including phenoxy) is 1. The minimum atomic E-state index is -1.22. The standard InChI is InChI=1S/C21H24ClN7O4/c1-12(14-7-6-10-23-17(14)22)29(20(31)32)18-16(26-27-28(18)5)15-9-8-13(11-24-15)25-19(30)33-21(2,3)4/h6-12H,1-5H3,(H,25,30)(H,31,32)/t12-/m1/s1. The lowest BCUT2D eigenvalue weighted by molar-refractivity contribution is 0.0636. The van der Waals surface area contributed by atoms with Crippen molar-refractivity contribution in [3.63, 3.8) is 0 Å². The molecule has 0 aliphatic carbocycles. The smallest absolute Gasteiger partial charge is 0.413 e. The molecule has 12 heteroatoms. The summed E-state index contributed by atoms with van der Waals surface area (Å²) in [6.45, 7) is 6.97. The van der Waals surface area contributed by atoms with Crippen LogP contribution in [0.5, 0.6) is 0 Å². The van der Waals surface area contributed by atoms with Crippen molar-refractivity contribution in [1.82, 2.24) is 25.0 Å². The van der Waals surface area contributed by atoms with Crippen LogP contribution in [-0.4, -0.2) is 47.9 Å². The molecule has 3 rings (SSSR count). The van der Waals surface area contributed by atoms with Gasteiger partial charge in [0.1, 0.15) is 10.8 Å². The number of carbonyl (C=O) groups is 2. The van der Waals surface area contributed by atoms with Gasteiger partial charge in [-0.2, -0.15) is 0 Å². The summed E-state index contributed by atoms with van der Waals surface area (Å²) in [6, 6.07) is 5.90. The van der Waals surface area contributed by atoms with Gasteiger partial charge in [0.15, 0.2) is 11.5 Å². The Morgan fingerprint density at radius 3 is 2.55 bits per heavy atom. The van der Waals surface area contributed by atoms with Crippen LogP contribution in [0.25, 0.3) is 11.4 Å². The van der Waals surface area contributed by atoms with Gasteiger partial charge in [-0.05, 0) is 45.9 Å². The molecule has 0 saturated carbocycles. The van der Waals surface area contributed by atoms with E-state index in [1.807, 2.05) is 0 Å². The second kappa shape index (κ2) is 9.41. The second-order valence-electron chi connectivity index (χ2n) is 8.16. The van der Waals surface area contributed by atoms with Crippen molar-refractivity contribution in [2.24, 2.45) is 7.05 Å². The van der Waals surface area contributed by atoms with E-state index in [0.717, 1.165) is 4.90 Å². The van der Waals surface area contributed by atoms with E-state index in [-0.39, 0.29) is 16.7 Å². The molecular weight excluding hydrogens is 450 g/mol. The zero-order chi connectivity index (χ0) is 24.3. The van der Waals surface area contributed by atoms with E-state index in [2.05, 4.69) is 25.6 Å². The van der Waals surface area contributed by atoms with E-state index >= 15 is 0 Å². The van der Waals surface area contributed by atoms with Crippen molar-refractivity contribution < 1.29 is 19.4 Å². The van der Waals surface area contributed by atoms with Gasteiger partial charge in [-0.15, -0.1) is 5.10 Å². The molecule has 3 aromatic heterocycles. The molecule has 0 fully saturated rings. The molecule has 0 aliphatic rings. The third-order valence-corrected chi connectivity index (χ3v) is 4.82. The van der Waals surface area contributed by atoms with Crippen LogP contribution in [0.15, 0.2) is 36.7 Å². The molecule has 0 spiro atoms. The summed E-state index contributed by atoms with van der Waals surface area (Å²) in [5, 5.41) is 20.9. The summed E-state index contributed by atoms with van der Waals surface area (Å²) in [4.78, 5) is 33.7. The summed E-state index contributed by atoms with van der Waals surface area (Å²) >= 11 is 6.20. The lowest BCUT2D eigenvalue weighted by Crippen LogP contribution is -2.34. The molecule has 0 unspecified atom stereocenters. The fourth-order valence-corrected chi connectivity index (χ4v) is 3.38. The number of hydrogen-bond donors (Lipinski definition) is 2. The van der Waals surface area contributed by atoms with Gasteiger partial charge in [-0.25, -0.2) is 19.3 Å². The van der Waals surface area contributed by atoms with Gasteiger partial charge in [-0.1, -0.05) is 22.9 Å². The van der Waals surface area contributed by atoms with Gasteiger partial charge < -0.3 is 9.84 Å². The molecule has 0 aliphatic heterocycles. The Morgan fingerprint density at radius 2 is 1.97 bits per heavy atom. The summed E-state index contributed by atoms with van der Waals surface area (Å²) in [5.41, 5.74) is 0.905. The van der Waals surface area contributed by atoms with E-state index in [0.29, 0.717) is 16.9 Å². The normalized spacial score (nSPS) is 12.2. The van der Waals surface area contributed by atoms with E-state index in [1.54, 1.807) is 59.0 Å². The molecule has 33 heavy (non-hydrogen) atoms. The number of aryl methyl sites for hydroxylation is 1. The minimum absolute atomic E-state index is 0.198. The Labute approximate surface area is 195 Å². The SMILES string of the molecule is C[C@H](c1cccnc1Cl)N(C(=O)O)c1c(-c2ccc(NC(=O)OC(C)(C)C)cn2)nnn1C. The van der Waals surface area contributed by atoms with Gasteiger partial charge in [0.05, 0.1) is 23.6 Å². The van der Waals surface area contributed by atoms with E-state index < -0.39 is 23.8 Å². The molecule has 0 radical (unpaired) electrons. The third-order valence-electron chi connectivity index (χ3n) is 4.51. The molecule has 3 heterocycles. The van der Waals surface area contributed by atoms with Crippen LogP contribution in [0.2, 0.25) is 5.15 Å². The molecule has 11 nitrogen and oxygen atoms in total. The number of rotatable bonds is 5. The maximum absolute atomic E-state index is 12.3. The highest BCUT2D eigenvalue weighted by Gasteiger charge is 2.31. The first-order chi connectivity index (χ1) is 15.5. The molecule has 3 aromatic rings. The van der Waals surface area contributed by atoms with Crippen LogP contribution in [0, 0.1) is 0 Å². The van der Waals surface area contributed by atoms with E-state index in [4.69, 9.17) is 16.3 Å². The number of amides is 2. The number of anilines is 2. The number of carbonyl (C=O) groups excluding carboxylic acids is 1. The van der Waals surface area contributed by atoms with Gasteiger partial charge in [0, 0.05) is 18.8 Å². The first kappa shape index (κ1) is 23.9. The van der Waals surface area contributed by atoms with Crippen LogP contribution < -0.4 is 10.2 Å². The fraction of sp³-hybridized carbons (Fsp3) is 0.333. The minimum Gasteiger partial charge on any atom is -0.465 e. The average molecular weight is 474 g/mol. The van der Waals surface area contributed by atoms with E-state index in [9.17, 15) is 14.7 Å². The first-order valence-corrected chi connectivity index (χ1v) is 10.3. The third kappa shape index (κ3) is 5.55. The number of carboxylic acid groups (broad SMARTS) is 1. The Balaban J connectivity index is 1.93. The fourth-order valence-electron chi connectivity index (χ4n) is 3.11. The highest BCUT2D eigenvalue weighted by Crippen LogP contribution is 2.35. The molecule has 2 amide bonds. The van der Waals surface area contributed by atoms with Crippen LogP contribution >= 0.6 is 11.6 Å². The predicted molar refractivity (Wildman–Crippen MR) is 122 cm³/mol. The molecule has 174 valence electrons. The highest BCUT2D eigenvalue weighted by atomic mass is 35.5. The van der Waals surface area contributed by atoms with E-state index in [1.165, 1.54) is 17.1 Å². The second-order valence-corrected chi connectivity index (χ2v) is 8.51. The molecule has 2 N–H and O–H groups in total. The summed E-state index contributed by atoms with van der Waals surface area (Å²) in [5.74, 6) is 0.204. The van der Waals surface area contributed by atoms with Crippen LogP contribution in [-0.2, 0) is 11.8 Å². The van der Waals surface area contributed by atoms with Gasteiger partial charge >= 0.3 is 12.2 Å². The number of halogens is 1. The summed E-state index contributed by atoms with van der Waals surface area (Å²) in [6.07, 6.45) is 1.11. The number of nitrogens with one attached hydrogen (secondary N) is 1. The first-order valence-electron chi connectivity index (χ1n) is 9.96. The lowest BCUT2D eigenvalue weighted by Gasteiger charge is -2.27. The number of hydrogen-bond acceptors (Lipinski definition) is 7. The Bertz CT molecular complexity index is 1160. The predicted octanol–water partition coefficient (Wildman–Crippen LogP) is 4.52. The lowest BCUT2D eigenvalue weighted by atomic mass is 10.1. The molecule has 1 atom stereocenters. The zero-order valence-electron chi connectivity index (χ0n) is 18.8. The summed E-state index contributed by atoms with van der Waals surface area (Å²) in [7, 11) is 1.58. The van der Waals surface area contributed by atoms with Gasteiger partial charge in [-0.3, -0.25) is 15.2 Å². The Morgan fingerprint density at radius 1 is 1.24 bits per heavy atom. The number of pyridine rings is 2. The van der Waals surface area contributed by atoms with Gasteiger partial charge in [0.25, 0.3) is 0 Å². The maximum Gasteiger partial charge on any atom is 0.413 e. The Hall–Kier alpha value is -3.73. The van der Waals surface area contributed by atoms with Crippen molar-refractivity contribution in [3.8, 4) is 11.4 Å². The van der Waals surface area contributed by atoms with Crippen LogP contribution in [0.3, 0.4) is 0 Å². The van der Waals surface area contributed by atoms with Crippen LogP contribution in [0.1, 0.15) is 39.3 Å². The van der Waals surface area contributed by atoms with Crippen molar-refractivity contribution in [3.05, 3.63) is 47.4 Å². The van der Waals surface area contributed by atoms with Crippen molar-refractivity contribution >= 4 is 35.3 Å². The molecule has 0 saturated heterocycles. The monoisotopic (exact) mass is 473 g/mol. The average Bonchev–Trinajstić information content (AvgIpc) is 3.08. The summed E-state index contributed by atoms with van der Waals surface area (Å²) < 4.78 is 6.57. The Kier molecular flexibility index (Phi) is 6.82.